The second kappa shape index (κ2) is 14.7. The Hall–Kier alpha value is -3.39. The Bertz CT molecular complexity index is 1320. The molecule has 5 rings (SSSR count). The van der Waals surface area contributed by atoms with Gasteiger partial charge in [-0.15, -0.1) is 0 Å². The van der Waals surface area contributed by atoms with Crippen LogP contribution in [0.4, 0.5) is 5.82 Å². The number of rotatable bonds is 7. The highest BCUT2D eigenvalue weighted by atomic mass is 32.1. The number of thiol groups is 1. The van der Waals surface area contributed by atoms with Crippen molar-refractivity contribution in [3.63, 3.8) is 0 Å². The van der Waals surface area contributed by atoms with Gasteiger partial charge >= 0.3 is 0 Å². The van der Waals surface area contributed by atoms with Gasteiger partial charge in [0.15, 0.2) is 11.5 Å². The van der Waals surface area contributed by atoms with Crippen molar-refractivity contribution in [3.05, 3.63) is 65.5 Å². The summed E-state index contributed by atoms with van der Waals surface area (Å²) in [6.07, 6.45) is 8.41. The van der Waals surface area contributed by atoms with Crippen molar-refractivity contribution >= 4 is 29.5 Å². The number of nitrogens with zero attached hydrogens (tertiary/aromatic N) is 6. The van der Waals surface area contributed by atoms with Crippen molar-refractivity contribution < 1.29 is 9.84 Å². The predicted molar refractivity (Wildman–Crippen MR) is 159 cm³/mol. The number of fused-ring (bicyclic) bond motifs is 1. The summed E-state index contributed by atoms with van der Waals surface area (Å²) in [6.45, 7) is 9.16. The second-order valence-corrected chi connectivity index (χ2v) is 9.37. The van der Waals surface area contributed by atoms with Gasteiger partial charge in [-0.3, -0.25) is 5.10 Å². The van der Waals surface area contributed by atoms with E-state index in [1.807, 2.05) is 37.3 Å². The van der Waals surface area contributed by atoms with Gasteiger partial charge in [-0.25, -0.2) is 4.98 Å². The smallest absolute Gasteiger partial charge is 0.167 e. The van der Waals surface area contributed by atoms with Crippen molar-refractivity contribution in [1.82, 2.24) is 25.0 Å². The number of H-pyrrole nitrogens is 1. The number of pyridine rings is 1. The molecule has 4 heterocycles. The van der Waals surface area contributed by atoms with Crippen LogP contribution in [-0.2, 0) is 10.3 Å². The number of anilines is 1. The highest BCUT2D eigenvalue weighted by molar-refractivity contribution is 7.79. The number of nitrogens with one attached hydrogen (secondary N) is 1. The van der Waals surface area contributed by atoms with Gasteiger partial charge in [-0.1, -0.05) is 44.4 Å². The van der Waals surface area contributed by atoms with Crippen LogP contribution in [0.3, 0.4) is 0 Å². The number of morpholine rings is 1. The van der Waals surface area contributed by atoms with E-state index in [9.17, 15) is 5.11 Å². The lowest BCUT2D eigenvalue weighted by Crippen LogP contribution is -2.37. The van der Waals surface area contributed by atoms with Gasteiger partial charge in [0.05, 0.1) is 42.8 Å². The largest absolute Gasteiger partial charge is 0.385 e. The normalized spacial score (nSPS) is 13.2. The van der Waals surface area contributed by atoms with Crippen molar-refractivity contribution in [3.8, 4) is 11.9 Å². The minimum Gasteiger partial charge on any atom is -0.385 e. The Morgan fingerprint density at radius 3 is 2.33 bits per heavy atom. The molecule has 39 heavy (non-hydrogen) atoms. The molecular formula is C29H39N7O2S. The molecule has 0 atom stereocenters. The van der Waals surface area contributed by atoms with E-state index >= 15 is 0 Å². The summed E-state index contributed by atoms with van der Waals surface area (Å²) >= 11 is 3.53. The maximum Gasteiger partial charge on any atom is 0.167 e. The zero-order valence-corrected chi connectivity index (χ0v) is 24.2. The molecule has 3 aromatic heterocycles. The molecule has 1 fully saturated rings. The molecular weight excluding hydrogens is 510 g/mol. The van der Waals surface area contributed by atoms with E-state index in [1.165, 1.54) is 5.56 Å². The van der Waals surface area contributed by atoms with Crippen LogP contribution in [0.2, 0.25) is 0 Å². The maximum atomic E-state index is 11.6. The number of aromatic nitrogens is 5. The summed E-state index contributed by atoms with van der Waals surface area (Å²) < 4.78 is 7.26. The minimum absolute atomic E-state index is 0.684. The third kappa shape index (κ3) is 7.38. The quantitative estimate of drug-likeness (QED) is 0.272. The number of hydrogen-bond acceptors (Lipinski definition) is 8. The Balaban J connectivity index is 0.000000322. The summed E-state index contributed by atoms with van der Waals surface area (Å²) in [5.74, 6) is 1.61. The molecule has 0 spiro atoms. The number of aromatic amines is 1. The minimum atomic E-state index is -0.895. The van der Waals surface area contributed by atoms with E-state index < -0.39 is 5.60 Å². The summed E-state index contributed by atoms with van der Waals surface area (Å²) in [5.41, 5.74) is 2.66. The lowest BCUT2D eigenvalue weighted by Gasteiger charge is -2.32. The standard InChI is InChI=1S/C20H28N6O2.C8H7N.CH4S/c1-3-6-20(27,7-4-2)16-13-18(25-9-11-28-12-10-25)23-19-15(16)14-22-26(19)17-5-8-21-24-17;1-7-2-4-8(6-9)5-3-7;1-2/h5,8,13-14,27H,3-4,6-7,9-12H2,1-2H3,(H,21,24);2-5H,1H3;2H,1H3. The second-order valence-electron chi connectivity index (χ2n) is 9.37. The molecule has 0 unspecified atom stereocenters. The number of benzene rings is 1. The molecule has 208 valence electrons. The Morgan fingerprint density at radius 1 is 1.10 bits per heavy atom. The number of aryl methyl sites for hydroxylation is 1. The van der Waals surface area contributed by atoms with Crippen LogP contribution in [0.1, 0.15) is 56.2 Å². The Labute approximate surface area is 236 Å². The fourth-order valence-corrected chi connectivity index (χ4v) is 4.72. The Morgan fingerprint density at radius 2 is 1.77 bits per heavy atom. The monoisotopic (exact) mass is 549 g/mol. The van der Waals surface area contributed by atoms with E-state index in [0.29, 0.717) is 26.1 Å². The fraction of sp³-hybridized carbons (Fsp3) is 0.448. The van der Waals surface area contributed by atoms with E-state index in [4.69, 9.17) is 15.0 Å². The average Bonchev–Trinajstić information content (AvgIpc) is 3.65. The molecule has 10 heteroatoms. The van der Waals surface area contributed by atoms with Gasteiger partial charge < -0.3 is 14.7 Å². The van der Waals surface area contributed by atoms with Crippen LogP contribution in [0.25, 0.3) is 16.9 Å². The predicted octanol–water partition coefficient (Wildman–Crippen LogP) is 5.18. The first-order valence-electron chi connectivity index (χ1n) is 13.3. The number of nitriles is 1. The van der Waals surface area contributed by atoms with Crippen molar-refractivity contribution in [2.75, 3.05) is 37.5 Å². The van der Waals surface area contributed by atoms with Gasteiger partial charge in [-0.05, 0) is 49.8 Å². The molecule has 1 aliphatic rings. The lowest BCUT2D eigenvalue weighted by atomic mass is 9.84. The summed E-state index contributed by atoms with van der Waals surface area (Å²) in [5, 5.41) is 32.4. The third-order valence-corrected chi connectivity index (χ3v) is 6.59. The molecule has 4 aromatic rings. The van der Waals surface area contributed by atoms with Gasteiger partial charge in [0, 0.05) is 24.5 Å². The number of ether oxygens (including phenoxy) is 1. The zero-order chi connectivity index (χ0) is 28.3. The zero-order valence-electron chi connectivity index (χ0n) is 23.3. The van der Waals surface area contributed by atoms with Crippen LogP contribution in [0, 0.1) is 18.3 Å². The van der Waals surface area contributed by atoms with Crippen molar-refractivity contribution in [1.29, 1.82) is 5.26 Å². The Kier molecular flexibility index (Phi) is 11.3. The molecule has 1 aliphatic heterocycles. The van der Waals surface area contributed by atoms with E-state index in [-0.39, 0.29) is 0 Å². The fourth-order valence-electron chi connectivity index (χ4n) is 4.72. The lowest BCUT2D eigenvalue weighted by molar-refractivity contribution is 0.0184. The number of aliphatic hydroxyl groups is 1. The average molecular weight is 550 g/mol. The summed E-state index contributed by atoms with van der Waals surface area (Å²) in [6, 6.07) is 13.5. The molecule has 0 radical (unpaired) electrons. The van der Waals surface area contributed by atoms with Crippen molar-refractivity contribution in [2.24, 2.45) is 0 Å². The topological polar surface area (TPSA) is 116 Å². The third-order valence-electron chi connectivity index (χ3n) is 6.59. The highest BCUT2D eigenvalue weighted by Crippen LogP contribution is 2.38. The van der Waals surface area contributed by atoms with E-state index in [1.54, 1.807) is 23.3 Å². The molecule has 9 nitrogen and oxygen atoms in total. The summed E-state index contributed by atoms with van der Waals surface area (Å²) in [7, 11) is 0. The van der Waals surface area contributed by atoms with Gasteiger partial charge in [0.2, 0.25) is 0 Å². The summed E-state index contributed by atoms with van der Waals surface area (Å²) in [4.78, 5) is 7.14. The van der Waals surface area contributed by atoms with Crippen molar-refractivity contribution in [2.45, 2.75) is 52.1 Å². The first-order chi connectivity index (χ1) is 19.0. The van der Waals surface area contributed by atoms with Gasteiger partial charge in [0.25, 0.3) is 0 Å². The van der Waals surface area contributed by atoms with Gasteiger partial charge in [0.1, 0.15) is 5.82 Å². The maximum absolute atomic E-state index is 11.6. The van der Waals surface area contributed by atoms with Crippen LogP contribution >= 0.6 is 12.6 Å². The molecule has 0 amide bonds. The molecule has 1 saturated heterocycles. The van der Waals surface area contributed by atoms with Crippen LogP contribution < -0.4 is 4.90 Å². The molecule has 0 saturated carbocycles. The first kappa shape index (κ1) is 30.2. The van der Waals surface area contributed by atoms with Crippen LogP contribution in [0.15, 0.2) is 48.8 Å². The first-order valence-corrected chi connectivity index (χ1v) is 14.2. The van der Waals surface area contributed by atoms with Crippen LogP contribution in [-0.4, -0.2) is 62.6 Å². The molecule has 0 bridgehead atoms. The highest BCUT2D eigenvalue weighted by Gasteiger charge is 2.32. The number of hydrogen-bond donors (Lipinski definition) is 3. The van der Waals surface area contributed by atoms with Crippen LogP contribution in [0.5, 0.6) is 0 Å². The molecule has 2 N–H and O–H groups in total. The SMILES string of the molecule is CCCC(O)(CCC)c1cc(N2CCOCC2)nc2c1cnn2-c1ccn[nH]1.CS.Cc1ccc(C#N)cc1. The molecule has 0 aliphatic carbocycles. The molecule has 1 aromatic carbocycles. The van der Waals surface area contributed by atoms with E-state index in [2.05, 4.69) is 58.8 Å². The van der Waals surface area contributed by atoms with E-state index in [0.717, 1.165) is 59.7 Å². The van der Waals surface area contributed by atoms with Gasteiger partial charge in [-0.2, -0.15) is 32.8 Å².